The van der Waals surface area contributed by atoms with Gasteiger partial charge in [-0.1, -0.05) is 24.3 Å². The summed E-state index contributed by atoms with van der Waals surface area (Å²) >= 11 is 0. The maximum atomic E-state index is 10.2. The van der Waals surface area contributed by atoms with E-state index in [1.54, 1.807) is 19.2 Å². The first-order chi connectivity index (χ1) is 11.7. The summed E-state index contributed by atoms with van der Waals surface area (Å²) in [6.45, 7) is 1.61. The number of phenols is 1. The molecule has 0 bridgehead atoms. The summed E-state index contributed by atoms with van der Waals surface area (Å²) < 4.78 is 5.28. The summed E-state index contributed by atoms with van der Waals surface area (Å²) in [7, 11) is 1.63. The predicted octanol–water partition coefficient (Wildman–Crippen LogP) is 3.27. The Morgan fingerprint density at radius 3 is 2.83 bits per heavy atom. The number of ether oxygens (including phenoxy) is 1. The third-order valence-electron chi connectivity index (χ3n) is 4.81. The first kappa shape index (κ1) is 16.8. The Morgan fingerprint density at radius 2 is 2.04 bits per heavy atom. The number of aliphatic hydroxyl groups is 1. The second-order valence-corrected chi connectivity index (χ2v) is 6.30. The highest BCUT2D eigenvalue weighted by Gasteiger charge is 2.27. The topological polar surface area (TPSA) is 52.9 Å². The maximum absolute atomic E-state index is 10.2. The van der Waals surface area contributed by atoms with Crippen molar-refractivity contribution in [3.05, 3.63) is 59.2 Å². The fraction of sp³-hybridized carbons (Fsp3) is 0.400. The van der Waals surface area contributed by atoms with Gasteiger partial charge in [0, 0.05) is 31.3 Å². The molecule has 1 atom stereocenters. The van der Waals surface area contributed by atoms with E-state index in [4.69, 9.17) is 4.74 Å². The molecule has 0 amide bonds. The van der Waals surface area contributed by atoms with Gasteiger partial charge in [-0.05, 0) is 48.6 Å². The van der Waals surface area contributed by atoms with Crippen molar-refractivity contribution in [2.45, 2.75) is 31.8 Å². The van der Waals surface area contributed by atoms with Crippen LogP contribution in [-0.2, 0) is 13.0 Å². The summed E-state index contributed by atoms with van der Waals surface area (Å²) in [6, 6.07) is 14.2. The fourth-order valence-electron chi connectivity index (χ4n) is 3.57. The molecule has 0 aromatic heterocycles. The summed E-state index contributed by atoms with van der Waals surface area (Å²) in [5, 5.41) is 19.5. The molecular weight excluding hydrogens is 302 g/mol. The second kappa shape index (κ2) is 7.69. The quantitative estimate of drug-likeness (QED) is 0.819. The van der Waals surface area contributed by atoms with Crippen LogP contribution in [0.3, 0.4) is 0 Å². The monoisotopic (exact) mass is 327 g/mol. The van der Waals surface area contributed by atoms with Crippen LogP contribution in [0.25, 0.3) is 0 Å². The molecule has 1 aliphatic carbocycles. The Hall–Kier alpha value is -2.04. The lowest BCUT2D eigenvalue weighted by atomic mass is 10.1. The molecule has 0 aliphatic heterocycles. The van der Waals surface area contributed by atoms with E-state index >= 15 is 0 Å². The number of hydrogen-bond donors (Lipinski definition) is 2. The van der Waals surface area contributed by atoms with Gasteiger partial charge in [0.05, 0.1) is 7.11 Å². The fourth-order valence-corrected chi connectivity index (χ4v) is 3.57. The van der Waals surface area contributed by atoms with Crippen molar-refractivity contribution in [3.8, 4) is 11.5 Å². The third-order valence-corrected chi connectivity index (χ3v) is 4.81. The van der Waals surface area contributed by atoms with E-state index in [2.05, 4.69) is 29.2 Å². The molecule has 0 saturated heterocycles. The number of methoxy groups -OCH3 is 1. The average molecular weight is 327 g/mol. The molecule has 2 aromatic rings. The van der Waals surface area contributed by atoms with E-state index in [1.807, 2.05) is 6.07 Å². The van der Waals surface area contributed by atoms with Gasteiger partial charge in [0.1, 0.15) is 11.5 Å². The molecule has 0 radical (unpaired) electrons. The lowest BCUT2D eigenvalue weighted by Crippen LogP contribution is -2.29. The number of phenolic OH excluding ortho intramolecular Hbond substituents is 1. The van der Waals surface area contributed by atoms with Gasteiger partial charge in [0.25, 0.3) is 0 Å². The summed E-state index contributed by atoms with van der Waals surface area (Å²) in [6.07, 6.45) is 2.89. The number of hydrogen-bond acceptors (Lipinski definition) is 4. The van der Waals surface area contributed by atoms with Gasteiger partial charge in [-0.25, -0.2) is 0 Å². The number of fused-ring (bicyclic) bond motifs is 1. The molecule has 1 unspecified atom stereocenters. The van der Waals surface area contributed by atoms with Gasteiger partial charge in [-0.3, -0.25) is 4.90 Å². The van der Waals surface area contributed by atoms with Crippen LogP contribution in [0.4, 0.5) is 0 Å². The highest BCUT2D eigenvalue weighted by molar-refractivity contribution is 5.40. The number of benzene rings is 2. The molecule has 0 fully saturated rings. The van der Waals surface area contributed by atoms with Crippen molar-refractivity contribution in [1.29, 1.82) is 0 Å². The van der Waals surface area contributed by atoms with Gasteiger partial charge in [0.15, 0.2) is 0 Å². The highest BCUT2D eigenvalue weighted by Crippen LogP contribution is 2.37. The van der Waals surface area contributed by atoms with Gasteiger partial charge in [0.2, 0.25) is 0 Å². The first-order valence-electron chi connectivity index (χ1n) is 8.51. The molecule has 3 rings (SSSR count). The van der Waals surface area contributed by atoms with Gasteiger partial charge in [-0.15, -0.1) is 0 Å². The minimum atomic E-state index is 0.176. The molecule has 24 heavy (non-hydrogen) atoms. The van der Waals surface area contributed by atoms with E-state index in [1.165, 1.54) is 11.1 Å². The van der Waals surface area contributed by atoms with E-state index in [0.717, 1.165) is 37.1 Å². The minimum absolute atomic E-state index is 0.176. The number of aryl methyl sites for hydroxylation is 1. The van der Waals surface area contributed by atoms with Crippen LogP contribution in [0, 0.1) is 0 Å². The van der Waals surface area contributed by atoms with Crippen LogP contribution in [0.1, 0.15) is 35.6 Å². The standard InChI is InChI=1S/C20H25NO3/c1-24-17-8-10-20(23)16(13-17)14-21(11-4-12-22)19-9-7-15-5-2-3-6-18(15)19/h2-3,5-6,8,10,13,19,22-23H,4,7,9,11-12,14H2,1H3. The molecular formula is C20H25NO3. The van der Waals surface area contributed by atoms with Crippen molar-refractivity contribution in [1.82, 2.24) is 4.90 Å². The molecule has 0 spiro atoms. The minimum Gasteiger partial charge on any atom is -0.508 e. The molecule has 128 valence electrons. The molecule has 4 nitrogen and oxygen atoms in total. The van der Waals surface area contributed by atoms with Crippen molar-refractivity contribution in [2.75, 3.05) is 20.3 Å². The van der Waals surface area contributed by atoms with Crippen LogP contribution < -0.4 is 4.74 Å². The third kappa shape index (κ3) is 3.55. The molecule has 2 N–H and O–H groups in total. The van der Waals surface area contributed by atoms with Crippen LogP contribution in [0.5, 0.6) is 11.5 Å². The average Bonchev–Trinajstić information content (AvgIpc) is 3.04. The normalized spacial score (nSPS) is 16.4. The van der Waals surface area contributed by atoms with Crippen molar-refractivity contribution < 1.29 is 14.9 Å². The lowest BCUT2D eigenvalue weighted by Gasteiger charge is -2.30. The van der Waals surface area contributed by atoms with E-state index in [-0.39, 0.29) is 12.4 Å². The van der Waals surface area contributed by atoms with E-state index < -0.39 is 0 Å². The zero-order valence-electron chi connectivity index (χ0n) is 14.1. The van der Waals surface area contributed by atoms with Gasteiger partial charge in [-0.2, -0.15) is 0 Å². The van der Waals surface area contributed by atoms with Crippen LogP contribution in [-0.4, -0.2) is 35.4 Å². The van der Waals surface area contributed by atoms with E-state index in [0.29, 0.717) is 12.6 Å². The summed E-state index contributed by atoms with van der Waals surface area (Å²) in [4.78, 5) is 2.36. The Balaban J connectivity index is 1.85. The van der Waals surface area contributed by atoms with E-state index in [9.17, 15) is 10.2 Å². The summed E-state index contributed by atoms with van der Waals surface area (Å²) in [5.74, 6) is 1.04. The van der Waals surface area contributed by atoms with Gasteiger partial charge < -0.3 is 14.9 Å². The Kier molecular flexibility index (Phi) is 5.38. The molecule has 0 heterocycles. The highest BCUT2D eigenvalue weighted by atomic mass is 16.5. The van der Waals surface area contributed by atoms with Crippen molar-refractivity contribution >= 4 is 0 Å². The Labute approximate surface area is 143 Å². The zero-order chi connectivity index (χ0) is 16.9. The SMILES string of the molecule is COc1ccc(O)c(CN(CCCO)C2CCc3ccccc32)c1. The maximum Gasteiger partial charge on any atom is 0.120 e. The number of nitrogens with zero attached hydrogens (tertiary/aromatic N) is 1. The van der Waals surface area contributed by atoms with Gasteiger partial charge >= 0.3 is 0 Å². The van der Waals surface area contributed by atoms with Crippen LogP contribution >= 0.6 is 0 Å². The molecule has 2 aromatic carbocycles. The first-order valence-corrected chi connectivity index (χ1v) is 8.51. The molecule has 1 aliphatic rings. The van der Waals surface area contributed by atoms with Crippen molar-refractivity contribution in [3.63, 3.8) is 0 Å². The second-order valence-electron chi connectivity index (χ2n) is 6.30. The molecule has 0 saturated carbocycles. The predicted molar refractivity (Wildman–Crippen MR) is 94.3 cm³/mol. The Morgan fingerprint density at radius 1 is 1.21 bits per heavy atom. The Bertz CT molecular complexity index is 686. The number of aliphatic hydroxyl groups excluding tert-OH is 1. The number of aromatic hydroxyl groups is 1. The zero-order valence-corrected chi connectivity index (χ0v) is 14.1. The largest absolute Gasteiger partial charge is 0.508 e. The molecule has 4 heteroatoms. The lowest BCUT2D eigenvalue weighted by molar-refractivity contribution is 0.164. The number of rotatable bonds is 7. The summed E-state index contributed by atoms with van der Waals surface area (Å²) in [5.41, 5.74) is 3.64. The van der Waals surface area contributed by atoms with Crippen molar-refractivity contribution in [2.24, 2.45) is 0 Å². The van der Waals surface area contributed by atoms with Crippen LogP contribution in [0.15, 0.2) is 42.5 Å². The van der Waals surface area contributed by atoms with Crippen LogP contribution in [0.2, 0.25) is 0 Å². The smallest absolute Gasteiger partial charge is 0.120 e.